The molecular weight excluding hydrogens is 519 g/mol. The van der Waals surface area contributed by atoms with Gasteiger partial charge in [0, 0.05) is 22.3 Å². The Morgan fingerprint density at radius 1 is 1.00 bits per heavy atom. The first-order chi connectivity index (χ1) is 16.8. The monoisotopic (exact) mass is 540 g/mol. The molecule has 0 bridgehead atoms. The Hall–Kier alpha value is -4.05. The van der Waals surface area contributed by atoms with Crippen LogP contribution in [0.25, 0.3) is 0 Å². The van der Waals surface area contributed by atoms with Crippen molar-refractivity contribution in [1.29, 1.82) is 0 Å². The molecule has 0 aliphatic rings. The van der Waals surface area contributed by atoms with Gasteiger partial charge in [0.15, 0.2) is 6.61 Å². The molecule has 0 atom stereocenters. The van der Waals surface area contributed by atoms with Crippen LogP contribution < -0.4 is 20.8 Å². The van der Waals surface area contributed by atoms with Crippen LogP contribution in [-0.4, -0.2) is 30.5 Å². The average Bonchev–Trinajstić information content (AvgIpc) is 2.84. The third kappa shape index (κ3) is 8.35. The van der Waals surface area contributed by atoms with E-state index in [1.54, 1.807) is 18.2 Å². The van der Waals surface area contributed by atoms with Gasteiger partial charge in [0.25, 0.3) is 5.91 Å². The topological polar surface area (TPSA) is 109 Å². The lowest BCUT2D eigenvalue weighted by Crippen LogP contribution is -2.37. The molecular formula is C25H22BrFN4O4. The van der Waals surface area contributed by atoms with Crippen LogP contribution in [-0.2, 0) is 20.9 Å². The number of hydrogen-bond acceptors (Lipinski definition) is 5. The molecule has 0 heterocycles. The molecule has 3 aromatic rings. The van der Waals surface area contributed by atoms with E-state index < -0.39 is 23.5 Å². The molecule has 0 radical (unpaired) electrons. The minimum atomic E-state index is -0.926. The maximum absolute atomic E-state index is 13.0. The summed E-state index contributed by atoms with van der Waals surface area (Å²) in [6.45, 7) is 1.85. The van der Waals surface area contributed by atoms with Gasteiger partial charge in [-0.3, -0.25) is 14.4 Å². The Kier molecular flexibility index (Phi) is 9.08. The number of hydrazone groups is 1. The second-order valence-electron chi connectivity index (χ2n) is 7.39. The van der Waals surface area contributed by atoms with E-state index in [9.17, 15) is 18.8 Å². The Morgan fingerprint density at radius 3 is 2.43 bits per heavy atom. The highest BCUT2D eigenvalue weighted by Crippen LogP contribution is 2.22. The zero-order valence-corrected chi connectivity index (χ0v) is 20.3. The van der Waals surface area contributed by atoms with Crippen LogP contribution in [0.15, 0.2) is 76.3 Å². The Morgan fingerprint density at radius 2 is 1.71 bits per heavy atom. The number of benzene rings is 3. The fraction of sp³-hybridized carbons (Fsp3) is 0.120. The van der Waals surface area contributed by atoms with Crippen molar-refractivity contribution in [2.45, 2.75) is 13.5 Å². The summed E-state index contributed by atoms with van der Waals surface area (Å²) >= 11 is 3.34. The van der Waals surface area contributed by atoms with Crippen LogP contribution >= 0.6 is 15.9 Å². The first-order valence-corrected chi connectivity index (χ1v) is 11.2. The first-order valence-electron chi connectivity index (χ1n) is 10.4. The molecule has 35 heavy (non-hydrogen) atoms. The maximum atomic E-state index is 13.0. The van der Waals surface area contributed by atoms with Crippen LogP contribution in [0.1, 0.15) is 16.7 Å². The number of carbonyl (C=O) groups is 3. The van der Waals surface area contributed by atoms with E-state index in [-0.39, 0.29) is 13.2 Å². The van der Waals surface area contributed by atoms with Crippen molar-refractivity contribution < 1.29 is 23.5 Å². The number of anilines is 1. The minimum absolute atomic E-state index is 0.208. The lowest BCUT2D eigenvalue weighted by molar-refractivity contribution is -0.139. The van der Waals surface area contributed by atoms with E-state index in [4.69, 9.17) is 4.74 Å². The molecule has 8 nitrogen and oxygen atoms in total. The Balaban J connectivity index is 1.52. The fourth-order valence-electron chi connectivity index (χ4n) is 2.81. The summed E-state index contributed by atoms with van der Waals surface area (Å²) in [5.74, 6) is -2.28. The predicted octanol–water partition coefficient (Wildman–Crippen LogP) is 3.68. The SMILES string of the molecule is Cc1ccc(CNC(=O)C(=O)N/N=C\c2cc(Br)ccc2OCC(=O)Nc2ccc(F)cc2)cc1. The van der Waals surface area contributed by atoms with Gasteiger partial charge in [0.2, 0.25) is 0 Å². The highest BCUT2D eigenvalue weighted by molar-refractivity contribution is 9.10. The summed E-state index contributed by atoms with van der Waals surface area (Å²) in [5.41, 5.74) is 5.00. The molecule has 0 unspecified atom stereocenters. The highest BCUT2D eigenvalue weighted by atomic mass is 79.9. The minimum Gasteiger partial charge on any atom is -0.483 e. The van der Waals surface area contributed by atoms with Crippen molar-refractivity contribution in [1.82, 2.24) is 10.7 Å². The molecule has 0 saturated carbocycles. The molecule has 3 amide bonds. The summed E-state index contributed by atoms with van der Waals surface area (Å²) in [4.78, 5) is 36.1. The summed E-state index contributed by atoms with van der Waals surface area (Å²) in [5, 5.41) is 8.92. The molecule has 0 aliphatic carbocycles. The average molecular weight is 541 g/mol. The maximum Gasteiger partial charge on any atom is 0.329 e. The van der Waals surface area contributed by atoms with Gasteiger partial charge in [0.05, 0.1) is 6.21 Å². The molecule has 3 N–H and O–H groups in total. The number of nitrogens with one attached hydrogen (secondary N) is 3. The van der Waals surface area contributed by atoms with Crippen molar-refractivity contribution in [3.63, 3.8) is 0 Å². The van der Waals surface area contributed by atoms with Crippen molar-refractivity contribution >= 4 is 45.6 Å². The largest absolute Gasteiger partial charge is 0.483 e. The number of hydrogen-bond donors (Lipinski definition) is 3. The zero-order chi connectivity index (χ0) is 25.2. The van der Waals surface area contributed by atoms with E-state index >= 15 is 0 Å². The van der Waals surface area contributed by atoms with E-state index in [0.717, 1.165) is 11.1 Å². The standard InChI is InChI=1S/C25H22BrFN4O4/c1-16-2-4-17(5-3-16)13-28-24(33)25(34)31-29-14-18-12-19(26)6-11-22(18)35-15-23(32)30-21-9-7-20(27)8-10-21/h2-12,14H,13,15H2,1H3,(H,28,33)(H,30,32)(H,31,34)/b29-14-. The van der Waals surface area contributed by atoms with Gasteiger partial charge in [0.1, 0.15) is 11.6 Å². The third-order valence-electron chi connectivity index (χ3n) is 4.61. The van der Waals surface area contributed by atoms with Gasteiger partial charge < -0.3 is 15.4 Å². The van der Waals surface area contributed by atoms with E-state index in [0.29, 0.717) is 21.5 Å². The molecule has 0 aromatic heterocycles. The number of carbonyl (C=O) groups excluding carboxylic acids is 3. The quantitative estimate of drug-likeness (QED) is 0.230. The van der Waals surface area contributed by atoms with Gasteiger partial charge >= 0.3 is 11.8 Å². The summed E-state index contributed by atoms with van der Waals surface area (Å²) in [6.07, 6.45) is 1.29. The van der Waals surface area contributed by atoms with Gasteiger partial charge in [-0.2, -0.15) is 5.10 Å². The van der Waals surface area contributed by atoms with E-state index in [1.165, 1.54) is 30.5 Å². The normalized spacial score (nSPS) is 10.6. The van der Waals surface area contributed by atoms with Crippen molar-refractivity contribution in [2.24, 2.45) is 5.10 Å². The predicted molar refractivity (Wildman–Crippen MR) is 133 cm³/mol. The van der Waals surface area contributed by atoms with Crippen LogP contribution in [0, 0.1) is 12.7 Å². The van der Waals surface area contributed by atoms with Gasteiger partial charge in [-0.15, -0.1) is 0 Å². The molecule has 0 saturated heterocycles. The third-order valence-corrected chi connectivity index (χ3v) is 5.10. The number of ether oxygens (including phenoxy) is 1. The molecule has 0 aliphatic heterocycles. The smallest absolute Gasteiger partial charge is 0.329 e. The van der Waals surface area contributed by atoms with Gasteiger partial charge in [-0.25, -0.2) is 9.82 Å². The number of aryl methyl sites for hydroxylation is 1. The molecule has 3 aromatic carbocycles. The first kappa shape index (κ1) is 25.6. The molecule has 180 valence electrons. The summed E-state index contributed by atoms with van der Waals surface area (Å²) in [6, 6.07) is 17.9. The van der Waals surface area contributed by atoms with E-state index in [2.05, 4.69) is 37.1 Å². The fourth-order valence-corrected chi connectivity index (χ4v) is 3.18. The van der Waals surface area contributed by atoms with Crippen LogP contribution in [0.3, 0.4) is 0 Å². The van der Waals surface area contributed by atoms with Crippen LogP contribution in [0.4, 0.5) is 10.1 Å². The summed E-state index contributed by atoms with van der Waals surface area (Å²) < 4.78 is 19.3. The second-order valence-corrected chi connectivity index (χ2v) is 8.31. The molecule has 10 heteroatoms. The highest BCUT2D eigenvalue weighted by Gasteiger charge is 2.12. The van der Waals surface area contributed by atoms with Crippen molar-refractivity contribution in [3.05, 3.63) is 93.7 Å². The Bertz CT molecular complexity index is 1230. The lowest BCUT2D eigenvalue weighted by Gasteiger charge is -2.10. The number of nitrogens with zero attached hydrogens (tertiary/aromatic N) is 1. The molecule has 3 rings (SSSR count). The van der Waals surface area contributed by atoms with Gasteiger partial charge in [-0.05, 0) is 55.0 Å². The van der Waals surface area contributed by atoms with Gasteiger partial charge in [-0.1, -0.05) is 45.8 Å². The Labute approximate surface area is 209 Å². The second kappa shape index (κ2) is 12.4. The zero-order valence-electron chi connectivity index (χ0n) is 18.7. The van der Waals surface area contributed by atoms with Crippen molar-refractivity contribution in [2.75, 3.05) is 11.9 Å². The number of amides is 3. The van der Waals surface area contributed by atoms with Crippen LogP contribution in [0.5, 0.6) is 5.75 Å². The number of rotatable bonds is 8. The van der Waals surface area contributed by atoms with E-state index in [1.807, 2.05) is 31.2 Å². The summed E-state index contributed by atoms with van der Waals surface area (Å²) in [7, 11) is 0. The van der Waals surface area contributed by atoms with Crippen LogP contribution in [0.2, 0.25) is 0 Å². The molecule has 0 spiro atoms. The molecule has 0 fully saturated rings. The lowest BCUT2D eigenvalue weighted by atomic mass is 10.1. The van der Waals surface area contributed by atoms with Crippen molar-refractivity contribution in [3.8, 4) is 5.75 Å². The number of halogens is 2.